The minimum absolute atomic E-state index is 0.552. The maximum Gasteiger partial charge on any atom is 0.138 e. The molecule has 0 saturated heterocycles. The summed E-state index contributed by atoms with van der Waals surface area (Å²) in [6, 6.07) is 16.0. The molecule has 0 radical (unpaired) electrons. The van der Waals surface area contributed by atoms with E-state index in [4.69, 9.17) is 10.4 Å². The van der Waals surface area contributed by atoms with Crippen LogP contribution < -0.4 is 5.49 Å². The van der Waals surface area contributed by atoms with E-state index in [2.05, 4.69) is 28.1 Å². The molecular formula is C18H14BrN3. The number of hydrogen-bond acceptors (Lipinski definition) is 2. The second kappa shape index (κ2) is 5.21. The summed E-state index contributed by atoms with van der Waals surface area (Å²) < 4.78 is 3.08. The smallest absolute Gasteiger partial charge is 0.138 e. The van der Waals surface area contributed by atoms with Crippen molar-refractivity contribution in [3.63, 3.8) is 0 Å². The Labute approximate surface area is 136 Å². The minimum Gasteiger partial charge on any atom is -0.310 e. The number of aromatic nitrogens is 2. The van der Waals surface area contributed by atoms with Gasteiger partial charge < -0.3 is 4.57 Å². The van der Waals surface area contributed by atoms with Crippen LogP contribution in [0.5, 0.6) is 0 Å². The number of nitrogens with zero attached hydrogens (tertiary/aromatic N) is 2. The predicted molar refractivity (Wildman–Crippen MR) is 92.2 cm³/mol. The van der Waals surface area contributed by atoms with Gasteiger partial charge in [0.25, 0.3) is 0 Å². The lowest BCUT2D eigenvalue weighted by Crippen LogP contribution is -2.20. The van der Waals surface area contributed by atoms with Crippen LogP contribution in [-0.4, -0.2) is 9.55 Å². The third-order valence-electron chi connectivity index (χ3n) is 4.04. The fourth-order valence-electron chi connectivity index (χ4n) is 2.92. The highest BCUT2D eigenvalue weighted by atomic mass is 79.9. The highest BCUT2D eigenvalue weighted by Gasteiger charge is 2.19. The minimum atomic E-state index is 0.552. The van der Waals surface area contributed by atoms with E-state index >= 15 is 0 Å². The number of hydrogen-bond donors (Lipinski definition) is 1. The van der Waals surface area contributed by atoms with Gasteiger partial charge >= 0.3 is 0 Å². The maximum atomic E-state index is 8.42. The molecule has 0 fully saturated rings. The van der Waals surface area contributed by atoms with Crippen LogP contribution in [0.4, 0.5) is 0 Å². The molecule has 0 spiro atoms. The molecule has 4 heteroatoms. The second-order valence-corrected chi connectivity index (χ2v) is 6.25. The molecule has 0 atom stereocenters. The second-order valence-electron chi connectivity index (χ2n) is 5.39. The molecule has 0 saturated carbocycles. The highest BCUT2D eigenvalue weighted by Crippen LogP contribution is 2.29. The summed E-state index contributed by atoms with van der Waals surface area (Å²) in [6.45, 7) is 0.822. The quantitative estimate of drug-likeness (QED) is 0.700. The Morgan fingerprint density at radius 1 is 1.09 bits per heavy atom. The van der Waals surface area contributed by atoms with Gasteiger partial charge in [-0.15, -0.1) is 0 Å². The summed E-state index contributed by atoms with van der Waals surface area (Å²) >= 11 is 3.59. The molecule has 0 bridgehead atoms. The molecule has 1 aromatic heterocycles. The van der Waals surface area contributed by atoms with Gasteiger partial charge in [0, 0.05) is 16.4 Å². The summed E-state index contributed by atoms with van der Waals surface area (Å²) in [6.07, 6.45) is 3.08. The lowest BCUT2D eigenvalue weighted by atomic mass is 10.1. The SMILES string of the molecule is N=c1c2ccccc2nc2n1CC/C2=C\c1ccccc1Br. The van der Waals surface area contributed by atoms with Crippen molar-refractivity contribution in [2.45, 2.75) is 13.0 Å². The van der Waals surface area contributed by atoms with Gasteiger partial charge in [0.15, 0.2) is 0 Å². The van der Waals surface area contributed by atoms with E-state index in [-0.39, 0.29) is 0 Å². The molecule has 108 valence electrons. The van der Waals surface area contributed by atoms with E-state index < -0.39 is 0 Å². The molecule has 4 rings (SSSR count). The van der Waals surface area contributed by atoms with Gasteiger partial charge in [-0.2, -0.15) is 0 Å². The summed E-state index contributed by atoms with van der Waals surface area (Å²) in [5.74, 6) is 0.916. The number of rotatable bonds is 1. The Hall–Kier alpha value is -2.20. The van der Waals surface area contributed by atoms with Crippen LogP contribution in [0.3, 0.4) is 0 Å². The Morgan fingerprint density at radius 2 is 1.86 bits per heavy atom. The fraction of sp³-hybridized carbons (Fsp3) is 0.111. The summed E-state index contributed by atoms with van der Waals surface area (Å²) in [5, 5.41) is 9.33. The highest BCUT2D eigenvalue weighted by molar-refractivity contribution is 9.10. The Kier molecular flexibility index (Phi) is 3.19. The third kappa shape index (κ3) is 2.11. The Balaban J connectivity index is 1.93. The van der Waals surface area contributed by atoms with Gasteiger partial charge in [0.2, 0.25) is 0 Å². The van der Waals surface area contributed by atoms with E-state index in [9.17, 15) is 0 Å². The van der Waals surface area contributed by atoms with Crippen molar-refractivity contribution in [2.24, 2.45) is 0 Å². The molecule has 2 aromatic carbocycles. The average molecular weight is 352 g/mol. The zero-order valence-electron chi connectivity index (χ0n) is 11.9. The number of para-hydroxylation sites is 1. The largest absolute Gasteiger partial charge is 0.310 e. The van der Waals surface area contributed by atoms with E-state index in [0.717, 1.165) is 39.7 Å². The van der Waals surface area contributed by atoms with Gasteiger partial charge in [-0.3, -0.25) is 5.41 Å². The maximum absolute atomic E-state index is 8.42. The predicted octanol–water partition coefficient (Wildman–Crippen LogP) is 4.22. The van der Waals surface area contributed by atoms with Gasteiger partial charge in [0.05, 0.1) is 5.52 Å². The Morgan fingerprint density at radius 3 is 2.73 bits per heavy atom. The van der Waals surface area contributed by atoms with Crippen molar-refractivity contribution in [1.29, 1.82) is 5.41 Å². The Bertz CT molecular complexity index is 969. The molecule has 0 unspecified atom stereocenters. The van der Waals surface area contributed by atoms with Crippen LogP contribution in [0.1, 0.15) is 17.8 Å². The lowest BCUT2D eigenvalue weighted by Gasteiger charge is -2.07. The normalized spacial score (nSPS) is 15.4. The summed E-state index contributed by atoms with van der Waals surface area (Å²) in [7, 11) is 0. The van der Waals surface area contributed by atoms with Gasteiger partial charge in [0.1, 0.15) is 11.3 Å². The zero-order chi connectivity index (χ0) is 15.1. The van der Waals surface area contributed by atoms with Crippen molar-refractivity contribution in [1.82, 2.24) is 9.55 Å². The van der Waals surface area contributed by atoms with E-state index in [0.29, 0.717) is 5.49 Å². The average Bonchev–Trinajstić information content (AvgIpc) is 2.93. The van der Waals surface area contributed by atoms with Crippen LogP contribution in [0, 0.1) is 5.41 Å². The van der Waals surface area contributed by atoms with Crippen molar-refractivity contribution in [3.05, 3.63) is 69.9 Å². The number of halogens is 1. The number of fused-ring (bicyclic) bond motifs is 2. The molecule has 3 aromatic rings. The van der Waals surface area contributed by atoms with Gasteiger partial charge in [-0.25, -0.2) is 4.98 Å². The van der Waals surface area contributed by atoms with Crippen LogP contribution in [-0.2, 0) is 6.54 Å². The fourth-order valence-corrected chi connectivity index (χ4v) is 3.32. The first-order valence-corrected chi connectivity index (χ1v) is 8.03. The molecule has 0 aliphatic carbocycles. The zero-order valence-corrected chi connectivity index (χ0v) is 13.5. The molecule has 3 nitrogen and oxygen atoms in total. The van der Waals surface area contributed by atoms with Gasteiger partial charge in [-0.05, 0) is 41.8 Å². The van der Waals surface area contributed by atoms with E-state index in [1.165, 1.54) is 5.57 Å². The third-order valence-corrected chi connectivity index (χ3v) is 4.76. The summed E-state index contributed by atoms with van der Waals surface area (Å²) in [4.78, 5) is 4.78. The standard InChI is InChI=1S/C18H14BrN3/c19-15-7-3-1-5-12(15)11-13-9-10-22-17(20)14-6-2-4-8-16(14)21-18(13)22/h1-8,11,20H,9-10H2/b13-11+,20-17?. The number of nitrogens with one attached hydrogen (secondary N) is 1. The van der Waals surface area contributed by atoms with Crippen LogP contribution in [0.25, 0.3) is 22.6 Å². The first kappa shape index (κ1) is 13.5. The topological polar surface area (TPSA) is 41.7 Å². The molecule has 1 aliphatic rings. The van der Waals surface area contributed by atoms with Crippen molar-refractivity contribution >= 4 is 38.5 Å². The van der Waals surface area contributed by atoms with Crippen LogP contribution in [0.15, 0.2) is 53.0 Å². The van der Waals surface area contributed by atoms with Crippen LogP contribution in [0.2, 0.25) is 0 Å². The van der Waals surface area contributed by atoms with E-state index in [1.54, 1.807) is 0 Å². The number of allylic oxidation sites excluding steroid dienone is 1. The molecule has 0 amide bonds. The number of benzene rings is 2. The molecule has 22 heavy (non-hydrogen) atoms. The monoisotopic (exact) mass is 351 g/mol. The molecule has 1 aliphatic heterocycles. The van der Waals surface area contributed by atoms with Crippen LogP contribution >= 0.6 is 15.9 Å². The molecular weight excluding hydrogens is 338 g/mol. The first-order valence-electron chi connectivity index (χ1n) is 7.24. The van der Waals surface area contributed by atoms with Crippen molar-refractivity contribution < 1.29 is 0 Å². The van der Waals surface area contributed by atoms with Crippen molar-refractivity contribution in [3.8, 4) is 0 Å². The van der Waals surface area contributed by atoms with E-state index in [1.807, 2.05) is 47.0 Å². The molecule has 2 heterocycles. The summed E-state index contributed by atoms with van der Waals surface area (Å²) in [5.41, 5.74) is 3.77. The first-order chi connectivity index (χ1) is 10.7. The molecule has 1 N–H and O–H groups in total. The lowest BCUT2D eigenvalue weighted by molar-refractivity contribution is 0.703. The van der Waals surface area contributed by atoms with Gasteiger partial charge in [-0.1, -0.05) is 46.3 Å². The van der Waals surface area contributed by atoms with Crippen molar-refractivity contribution in [2.75, 3.05) is 0 Å².